The van der Waals surface area contributed by atoms with E-state index in [-0.39, 0.29) is 5.75 Å². The molecule has 0 unspecified atom stereocenters. The van der Waals surface area contributed by atoms with E-state index < -0.39 is 10.0 Å². The fourth-order valence-electron chi connectivity index (χ4n) is 1.14. The van der Waals surface area contributed by atoms with Crippen LogP contribution in [-0.2, 0) is 10.0 Å². The third-order valence-corrected chi connectivity index (χ3v) is 4.74. The molecule has 0 aliphatic heterocycles. The highest BCUT2D eigenvalue weighted by Crippen LogP contribution is 2.30. The van der Waals surface area contributed by atoms with Crippen molar-refractivity contribution in [2.45, 2.75) is 19.8 Å². The van der Waals surface area contributed by atoms with Crippen molar-refractivity contribution < 1.29 is 8.42 Å². The van der Waals surface area contributed by atoms with Gasteiger partial charge in [-0.05, 0) is 34.5 Å². The van der Waals surface area contributed by atoms with Crippen LogP contribution in [0.5, 0.6) is 0 Å². The van der Waals surface area contributed by atoms with Crippen LogP contribution in [-0.4, -0.2) is 14.2 Å². The van der Waals surface area contributed by atoms with Crippen molar-refractivity contribution in [2.75, 3.05) is 10.5 Å². The van der Waals surface area contributed by atoms with Gasteiger partial charge in [0, 0.05) is 0 Å². The predicted octanol–water partition coefficient (Wildman–Crippen LogP) is 3.64. The van der Waals surface area contributed by atoms with Crippen LogP contribution in [0.1, 0.15) is 19.8 Å². The summed E-state index contributed by atoms with van der Waals surface area (Å²) < 4.78 is 26.4. The van der Waals surface area contributed by atoms with E-state index in [1.807, 2.05) is 6.92 Å². The molecule has 0 aromatic heterocycles. The van der Waals surface area contributed by atoms with Gasteiger partial charge in [0.1, 0.15) is 0 Å². The first-order valence-electron chi connectivity index (χ1n) is 4.91. The highest BCUT2D eigenvalue weighted by molar-refractivity contribution is 9.10. The molecule has 0 bridgehead atoms. The van der Waals surface area contributed by atoms with Crippen molar-refractivity contribution in [3.05, 3.63) is 27.7 Å². The minimum Gasteiger partial charge on any atom is -0.282 e. The third kappa shape index (κ3) is 3.96. The summed E-state index contributed by atoms with van der Waals surface area (Å²) in [6.07, 6.45) is 1.49. The first-order chi connectivity index (χ1) is 7.46. The first kappa shape index (κ1) is 13.8. The molecule has 0 radical (unpaired) electrons. The van der Waals surface area contributed by atoms with Crippen molar-refractivity contribution in [3.63, 3.8) is 0 Å². The lowest BCUT2D eigenvalue weighted by Gasteiger charge is -2.09. The molecule has 0 fully saturated rings. The first-order valence-corrected chi connectivity index (χ1v) is 7.73. The number of hydrogen-bond acceptors (Lipinski definition) is 2. The largest absolute Gasteiger partial charge is 0.282 e. The minimum atomic E-state index is -3.27. The van der Waals surface area contributed by atoms with Crippen LogP contribution in [0.15, 0.2) is 22.7 Å². The van der Waals surface area contributed by atoms with Crippen LogP contribution >= 0.6 is 27.5 Å². The number of sulfonamides is 1. The van der Waals surface area contributed by atoms with Gasteiger partial charge >= 0.3 is 0 Å². The molecule has 0 aliphatic rings. The number of halogens is 2. The maximum Gasteiger partial charge on any atom is 0.232 e. The molecule has 0 saturated heterocycles. The second-order valence-corrected chi connectivity index (χ2v) is 6.42. The number of nitrogens with one attached hydrogen (secondary N) is 1. The summed E-state index contributed by atoms with van der Waals surface area (Å²) >= 11 is 9.11. The lowest BCUT2D eigenvalue weighted by molar-refractivity contribution is 0.598. The topological polar surface area (TPSA) is 46.2 Å². The fraction of sp³-hybridized carbons (Fsp3) is 0.400. The van der Waals surface area contributed by atoms with Crippen molar-refractivity contribution in [2.24, 2.45) is 0 Å². The summed E-state index contributed by atoms with van der Waals surface area (Å²) in [4.78, 5) is 0. The Morgan fingerprint density at radius 1 is 1.44 bits per heavy atom. The van der Waals surface area contributed by atoms with Gasteiger partial charge in [0.2, 0.25) is 10.0 Å². The SMILES string of the molecule is CCCCS(=O)(=O)Nc1cccc(Cl)c1Br. The van der Waals surface area contributed by atoms with E-state index in [2.05, 4.69) is 20.7 Å². The van der Waals surface area contributed by atoms with Crippen molar-refractivity contribution in [3.8, 4) is 0 Å². The highest BCUT2D eigenvalue weighted by atomic mass is 79.9. The maximum atomic E-state index is 11.6. The minimum absolute atomic E-state index is 0.127. The smallest absolute Gasteiger partial charge is 0.232 e. The van der Waals surface area contributed by atoms with Gasteiger partial charge in [0.15, 0.2) is 0 Å². The number of unbranched alkanes of at least 4 members (excludes halogenated alkanes) is 1. The summed E-state index contributed by atoms with van der Waals surface area (Å²) in [7, 11) is -3.27. The Kier molecular flexibility index (Phi) is 5.08. The zero-order chi connectivity index (χ0) is 12.2. The molecule has 1 rings (SSSR count). The van der Waals surface area contributed by atoms with E-state index in [0.717, 1.165) is 6.42 Å². The van der Waals surface area contributed by atoms with Gasteiger partial charge in [-0.2, -0.15) is 0 Å². The van der Waals surface area contributed by atoms with Crippen LogP contribution in [0.3, 0.4) is 0 Å². The molecule has 0 spiro atoms. The molecule has 0 atom stereocenters. The van der Waals surface area contributed by atoms with Gasteiger partial charge in [-0.1, -0.05) is 31.0 Å². The van der Waals surface area contributed by atoms with Gasteiger partial charge in [-0.25, -0.2) is 8.42 Å². The second kappa shape index (κ2) is 5.89. The molecule has 6 heteroatoms. The standard InChI is InChI=1S/C10H13BrClNO2S/c1-2-3-7-16(14,15)13-9-6-4-5-8(12)10(9)11/h4-6,13H,2-3,7H2,1H3. The van der Waals surface area contributed by atoms with Gasteiger partial charge in [-0.3, -0.25) is 4.72 Å². The predicted molar refractivity (Wildman–Crippen MR) is 71.5 cm³/mol. The molecule has 16 heavy (non-hydrogen) atoms. The summed E-state index contributed by atoms with van der Waals surface area (Å²) in [6, 6.07) is 5.06. The molecule has 0 amide bonds. The van der Waals surface area contributed by atoms with Crippen LogP contribution in [0.4, 0.5) is 5.69 Å². The van der Waals surface area contributed by atoms with E-state index in [9.17, 15) is 8.42 Å². The molecule has 0 aliphatic carbocycles. The lowest BCUT2D eigenvalue weighted by Crippen LogP contribution is -2.16. The maximum absolute atomic E-state index is 11.6. The second-order valence-electron chi connectivity index (χ2n) is 3.38. The number of hydrogen-bond donors (Lipinski definition) is 1. The molecular weight excluding hydrogens is 314 g/mol. The highest BCUT2D eigenvalue weighted by Gasteiger charge is 2.12. The molecule has 1 aromatic carbocycles. The Hall–Kier alpha value is -0.260. The van der Waals surface area contributed by atoms with Crippen molar-refractivity contribution >= 4 is 43.2 Å². The van der Waals surface area contributed by atoms with E-state index in [4.69, 9.17) is 11.6 Å². The molecule has 0 saturated carbocycles. The monoisotopic (exact) mass is 325 g/mol. The number of rotatable bonds is 5. The Morgan fingerprint density at radius 3 is 2.75 bits per heavy atom. The number of anilines is 1. The summed E-state index contributed by atoms with van der Waals surface area (Å²) in [6.45, 7) is 1.95. The summed E-state index contributed by atoms with van der Waals surface area (Å²) in [5.74, 6) is 0.127. The molecule has 0 heterocycles. The Balaban J connectivity index is 2.84. The van der Waals surface area contributed by atoms with Gasteiger partial charge in [0.25, 0.3) is 0 Å². The van der Waals surface area contributed by atoms with E-state index >= 15 is 0 Å². The van der Waals surface area contributed by atoms with Crippen LogP contribution in [0.25, 0.3) is 0 Å². The average Bonchev–Trinajstić information content (AvgIpc) is 2.22. The van der Waals surface area contributed by atoms with Gasteiger partial charge in [-0.15, -0.1) is 0 Å². The lowest BCUT2D eigenvalue weighted by atomic mass is 10.3. The Labute approximate surface area is 109 Å². The zero-order valence-electron chi connectivity index (χ0n) is 8.83. The Morgan fingerprint density at radius 2 is 2.12 bits per heavy atom. The summed E-state index contributed by atoms with van der Waals surface area (Å²) in [5, 5.41) is 0.482. The zero-order valence-corrected chi connectivity index (χ0v) is 12.0. The quantitative estimate of drug-likeness (QED) is 0.898. The third-order valence-electron chi connectivity index (χ3n) is 1.98. The molecule has 3 nitrogen and oxygen atoms in total. The summed E-state index contributed by atoms with van der Waals surface area (Å²) in [5.41, 5.74) is 0.476. The molecule has 1 N–H and O–H groups in total. The van der Waals surface area contributed by atoms with Crippen LogP contribution < -0.4 is 4.72 Å². The van der Waals surface area contributed by atoms with Crippen LogP contribution in [0.2, 0.25) is 5.02 Å². The average molecular weight is 327 g/mol. The fourth-order valence-corrected chi connectivity index (χ4v) is 3.08. The van der Waals surface area contributed by atoms with Crippen molar-refractivity contribution in [1.29, 1.82) is 0 Å². The van der Waals surface area contributed by atoms with Crippen LogP contribution in [0, 0.1) is 0 Å². The van der Waals surface area contributed by atoms with Gasteiger partial charge in [0.05, 0.1) is 20.9 Å². The number of benzene rings is 1. The molecule has 90 valence electrons. The molecule has 1 aromatic rings. The van der Waals surface area contributed by atoms with E-state index in [1.54, 1.807) is 18.2 Å². The molecular formula is C10H13BrClNO2S. The van der Waals surface area contributed by atoms with E-state index in [1.165, 1.54) is 0 Å². The van der Waals surface area contributed by atoms with Gasteiger partial charge < -0.3 is 0 Å². The van der Waals surface area contributed by atoms with E-state index in [0.29, 0.717) is 21.6 Å². The van der Waals surface area contributed by atoms with Crippen molar-refractivity contribution in [1.82, 2.24) is 0 Å². The Bertz CT molecular complexity index is 462. The normalized spacial score (nSPS) is 11.4.